The second kappa shape index (κ2) is 9.17. The number of nitrogens with one attached hydrogen (secondary N) is 1. The smallest absolute Gasteiger partial charge is 0.223 e. The molecule has 1 aromatic carbocycles. The summed E-state index contributed by atoms with van der Waals surface area (Å²) in [6.45, 7) is 0.393. The van der Waals surface area contributed by atoms with Gasteiger partial charge in [0.1, 0.15) is 11.5 Å². The summed E-state index contributed by atoms with van der Waals surface area (Å²) in [5.41, 5.74) is 0. The van der Waals surface area contributed by atoms with Crippen LogP contribution in [0.2, 0.25) is 0 Å². The van der Waals surface area contributed by atoms with E-state index >= 15 is 0 Å². The molecule has 0 aliphatic heterocycles. The molecule has 0 saturated heterocycles. The van der Waals surface area contributed by atoms with Crippen molar-refractivity contribution in [3.63, 3.8) is 0 Å². The van der Waals surface area contributed by atoms with E-state index in [9.17, 15) is 4.79 Å². The lowest BCUT2D eigenvalue weighted by Crippen LogP contribution is -2.41. The van der Waals surface area contributed by atoms with Crippen LogP contribution in [0.5, 0.6) is 11.5 Å². The molecule has 20 heavy (non-hydrogen) atoms. The Labute approximate surface area is 118 Å². The molecule has 0 radical (unpaired) electrons. The Kier molecular flexibility index (Phi) is 7.46. The molecule has 6 nitrogen and oxygen atoms in total. The number of hydrogen-bond acceptors (Lipinski definition) is 5. The van der Waals surface area contributed by atoms with Gasteiger partial charge in [0.2, 0.25) is 5.91 Å². The first-order valence-electron chi connectivity index (χ1n) is 6.35. The number of aliphatic hydroxyl groups is 1. The van der Waals surface area contributed by atoms with Crippen molar-refractivity contribution < 1.29 is 24.1 Å². The minimum absolute atomic E-state index is 0.154. The molecule has 0 aliphatic carbocycles. The number of rotatable bonds is 9. The Morgan fingerprint density at radius 2 is 1.90 bits per heavy atom. The first kappa shape index (κ1) is 16.3. The van der Waals surface area contributed by atoms with Crippen LogP contribution < -0.4 is 14.8 Å². The van der Waals surface area contributed by atoms with Gasteiger partial charge in [-0.3, -0.25) is 4.79 Å². The van der Waals surface area contributed by atoms with E-state index in [2.05, 4.69) is 5.32 Å². The van der Waals surface area contributed by atoms with Crippen LogP contribution in [0.15, 0.2) is 24.3 Å². The van der Waals surface area contributed by atoms with Gasteiger partial charge in [-0.2, -0.15) is 0 Å². The van der Waals surface area contributed by atoms with Crippen LogP contribution >= 0.6 is 0 Å². The van der Waals surface area contributed by atoms with Crippen molar-refractivity contribution >= 4 is 5.91 Å². The van der Waals surface area contributed by atoms with E-state index in [1.165, 1.54) is 7.11 Å². The van der Waals surface area contributed by atoms with Crippen LogP contribution in [0.3, 0.4) is 0 Å². The number of hydrogen-bond donors (Lipinski definition) is 2. The second-order valence-electron chi connectivity index (χ2n) is 4.18. The Bertz CT molecular complexity index is 393. The van der Waals surface area contributed by atoms with Crippen molar-refractivity contribution in [3.05, 3.63) is 24.3 Å². The summed E-state index contributed by atoms with van der Waals surface area (Å²) in [5.74, 6) is 1.24. The molecule has 0 heterocycles. The fraction of sp³-hybridized carbons (Fsp3) is 0.500. The van der Waals surface area contributed by atoms with E-state index in [1.54, 1.807) is 31.4 Å². The maximum Gasteiger partial charge on any atom is 0.223 e. The van der Waals surface area contributed by atoms with Crippen LogP contribution in [0.25, 0.3) is 0 Å². The molecule has 0 fully saturated rings. The van der Waals surface area contributed by atoms with Crippen LogP contribution in [-0.2, 0) is 9.53 Å². The molecule has 1 unspecified atom stereocenters. The third-order valence-electron chi connectivity index (χ3n) is 2.61. The highest BCUT2D eigenvalue weighted by atomic mass is 16.5. The monoisotopic (exact) mass is 283 g/mol. The number of aliphatic hydroxyl groups excluding tert-OH is 1. The lowest BCUT2D eigenvalue weighted by atomic mass is 10.3. The van der Waals surface area contributed by atoms with Gasteiger partial charge in [0.15, 0.2) is 0 Å². The zero-order valence-corrected chi connectivity index (χ0v) is 11.8. The lowest BCUT2D eigenvalue weighted by molar-refractivity contribution is -0.123. The summed E-state index contributed by atoms with van der Waals surface area (Å²) >= 11 is 0. The highest BCUT2D eigenvalue weighted by molar-refractivity contribution is 5.76. The van der Waals surface area contributed by atoms with Gasteiger partial charge >= 0.3 is 0 Å². The van der Waals surface area contributed by atoms with E-state index in [0.717, 1.165) is 5.75 Å². The molecule has 0 saturated carbocycles. The van der Waals surface area contributed by atoms with Crippen LogP contribution in [0.4, 0.5) is 0 Å². The molecular weight excluding hydrogens is 262 g/mol. The average molecular weight is 283 g/mol. The number of ether oxygens (including phenoxy) is 3. The third-order valence-corrected chi connectivity index (χ3v) is 2.61. The van der Waals surface area contributed by atoms with E-state index in [-0.39, 0.29) is 38.2 Å². The maximum absolute atomic E-state index is 11.6. The molecule has 2 N–H and O–H groups in total. The molecular formula is C14H21NO5. The van der Waals surface area contributed by atoms with Gasteiger partial charge in [-0.05, 0) is 24.3 Å². The first-order chi connectivity index (χ1) is 9.69. The van der Waals surface area contributed by atoms with Gasteiger partial charge in [0.25, 0.3) is 0 Å². The van der Waals surface area contributed by atoms with E-state index in [0.29, 0.717) is 5.75 Å². The van der Waals surface area contributed by atoms with E-state index in [1.807, 2.05) is 0 Å². The standard InChI is InChI=1S/C14H21NO5/c1-18-10-11(9-16)15-14(17)7-8-20-13-5-3-12(19-2)4-6-13/h3-6,11,16H,7-10H2,1-2H3,(H,15,17). The van der Waals surface area contributed by atoms with Crippen molar-refractivity contribution in [2.45, 2.75) is 12.5 Å². The van der Waals surface area contributed by atoms with Gasteiger partial charge in [-0.15, -0.1) is 0 Å². The number of benzene rings is 1. The van der Waals surface area contributed by atoms with Crippen molar-refractivity contribution in [2.24, 2.45) is 0 Å². The molecule has 6 heteroatoms. The Hall–Kier alpha value is -1.79. The predicted octanol–water partition coefficient (Wildman–Crippen LogP) is 0.588. The zero-order valence-electron chi connectivity index (χ0n) is 11.8. The lowest BCUT2D eigenvalue weighted by Gasteiger charge is -2.15. The summed E-state index contributed by atoms with van der Waals surface area (Å²) < 4.78 is 15.4. The fourth-order valence-electron chi connectivity index (χ4n) is 1.57. The summed E-state index contributed by atoms with van der Waals surface area (Å²) in [6.07, 6.45) is 0.215. The molecule has 1 rings (SSSR count). The molecule has 0 aromatic heterocycles. The summed E-state index contributed by atoms with van der Waals surface area (Å²) in [5, 5.41) is 11.7. The highest BCUT2D eigenvalue weighted by Crippen LogP contribution is 2.16. The Morgan fingerprint density at radius 3 is 2.45 bits per heavy atom. The third kappa shape index (κ3) is 5.90. The number of carbonyl (C=O) groups is 1. The summed E-state index contributed by atoms with van der Waals surface area (Å²) in [4.78, 5) is 11.6. The van der Waals surface area contributed by atoms with Gasteiger partial charge < -0.3 is 24.6 Å². The number of methoxy groups -OCH3 is 2. The second-order valence-corrected chi connectivity index (χ2v) is 4.18. The average Bonchev–Trinajstić information content (AvgIpc) is 2.47. The Balaban J connectivity index is 2.26. The van der Waals surface area contributed by atoms with Gasteiger partial charge in [-0.1, -0.05) is 0 Å². The molecule has 112 valence electrons. The molecule has 1 atom stereocenters. The minimum atomic E-state index is -0.381. The fourth-order valence-corrected chi connectivity index (χ4v) is 1.57. The largest absolute Gasteiger partial charge is 0.497 e. The SMILES string of the molecule is COCC(CO)NC(=O)CCOc1ccc(OC)cc1. The zero-order chi connectivity index (χ0) is 14.8. The summed E-state index contributed by atoms with van der Waals surface area (Å²) in [6, 6.07) is 6.75. The topological polar surface area (TPSA) is 77.0 Å². The van der Waals surface area contributed by atoms with Crippen LogP contribution in [0.1, 0.15) is 6.42 Å². The van der Waals surface area contributed by atoms with E-state index in [4.69, 9.17) is 19.3 Å². The van der Waals surface area contributed by atoms with E-state index < -0.39 is 0 Å². The van der Waals surface area contributed by atoms with Gasteiger partial charge in [-0.25, -0.2) is 0 Å². The molecule has 0 bridgehead atoms. The van der Waals surface area contributed by atoms with Crippen molar-refractivity contribution in [3.8, 4) is 11.5 Å². The molecule has 0 aliphatic rings. The maximum atomic E-state index is 11.6. The van der Waals surface area contributed by atoms with Gasteiger partial charge in [0.05, 0.1) is 39.4 Å². The predicted molar refractivity (Wildman–Crippen MR) is 74.0 cm³/mol. The quantitative estimate of drug-likeness (QED) is 0.693. The van der Waals surface area contributed by atoms with Crippen molar-refractivity contribution in [1.29, 1.82) is 0 Å². The minimum Gasteiger partial charge on any atom is -0.497 e. The molecule has 1 amide bonds. The van der Waals surface area contributed by atoms with Crippen molar-refractivity contribution in [1.82, 2.24) is 5.32 Å². The normalized spacial score (nSPS) is 11.8. The molecule has 1 aromatic rings. The first-order valence-corrected chi connectivity index (χ1v) is 6.35. The van der Waals surface area contributed by atoms with Crippen LogP contribution in [-0.4, -0.2) is 51.1 Å². The van der Waals surface area contributed by atoms with Crippen LogP contribution in [0, 0.1) is 0 Å². The number of amides is 1. The molecule has 0 spiro atoms. The summed E-state index contributed by atoms with van der Waals surface area (Å²) in [7, 11) is 3.11. The van der Waals surface area contributed by atoms with Gasteiger partial charge in [0, 0.05) is 7.11 Å². The number of carbonyl (C=O) groups excluding carboxylic acids is 1. The Morgan fingerprint density at radius 1 is 1.25 bits per heavy atom. The highest BCUT2D eigenvalue weighted by Gasteiger charge is 2.10. The van der Waals surface area contributed by atoms with Crippen molar-refractivity contribution in [2.75, 3.05) is 34.0 Å².